The summed E-state index contributed by atoms with van der Waals surface area (Å²) in [5.74, 6) is 2.26. The Morgan fingerprint density at radius 2 is 2.04 bits per heavy atom. The highest BCUT2D eigenvalue weighted by Crippen LogP contribution is 2.38. The summed E-state index contributed by atoms with van der Waals surface area (Å²) in [6.45, 7) is 6.16. The average Bonchev–Trinajstić information content (AvgIpc) is 3.28. The van der Waals surface area contributed by atoms with E-state index in [-0.39, 0.29) is 5.78 Å². The number of nitrogens with zero attached hydrogens (tertiary/aromatic N) is 3. The number of benzene rings is 1. The largest absolute Gasteiger partial charge is 0.345 e. The molecule has 0 radical (unpaired) electrons. The molecular weight excluding hydrogens is 358 g/mol. The second-order valence-corrected chi connectivity index (χ2v) is 8.11. The minimum atomic E-state index is 0.165. The smallest absolute Gasteiger partial charge is 0.236 e. The van der Waals surface area contributed by atoms with Crippen LogP contribution in [0.4, 0.5) is 0 Å². The Kier molecular flexibility index (Phi) is 4.91. The lowest BCUT2D eigenvalue weighted by molar-refractivity contribution is 0.102. The van der Waals surface area contributed by atoms with Gasteiger partial charge in [0.2, 0.25) is 11.7 Å². The maximum Gasteiger partial charge on any atom is 0.236 e. The zero-order valence-corrected chi connectivity index (χ0v) is 16.7. The van der Waals surface area contributed by atoms with Gasteiger partial charge in [-0.15, -0.1) is 11.8 Å². The summed E-state index contributed by atoms with van der Waals surface area (Å²) in [5, 5.41) is 4.07. The lowest BCUT2D eigenvalue weighted by atomic mass is 10.1. The third-order valence-electron chi connectivity index (χ3n) is 5.01. The summed E-state index contributed by atoms with van der Waals surface area (Å²) in [6, 6.07) is 10.6. The first-order valence-electron chi connectivity index (χ1n) is 9.22. The fourth-order valence-electron chi connectivity index (χ4n) is 3.51. The first kappa shape index (κ1) is 18.0. The molecule has 0 atom stereocenters. The highest BCUT2D eigenvalue weighted by atomic mass is 32.2. The van der Waals surface area contributed by atoms with Gasteiger partial charge in [-0.05, 0) is 45.2 Å². The van der Waals surface area contributed by atoms with Gasteiger partial charge in [-0.3, -0.25) is 4.79 Å². The number of carbonyl (C=O) groups excluding carboxylic acids is 1. The van der Waals surface area contributed by atoms with Crippen LogP contribution in [0.3, 0.4) is 0 Å². The SMILES string of the molecule is Cc1ccccc1-c1noc(CSCC(=O)c2cc(C)n(C3CC3)c2C)n1. The number of ketones is 1. The van der Waals surface area contributed by atoms with Crippen LogP contribution in [0.1, 0.15) is 52.1 Å². The molecule has 140 valence electrons. The summed E-state index contributed by atoms with van der Waals surface area (Å²) in [6.07, 6.45) is 2.44. The Hall–Kier alpha value is -2.34. The van der Waals surface area contributed by atoms with Crippen LogP contribution in [-0.4, -0.2) is 26.2 Å². The maximum absolute atomic E-state index is 12.6. The van der Waals surface area contributed by atoms with Crippen LogP contribution < -0.4 is 0 Å². The van der Waals surface area contributed by atoms with Crippen molar-refractivity contribution in [2.24, 2.45) is 0 Å². The van der Waals surface area contributed by atoms with Gasteiger partial charge in [0, 0.05) is 28.6 Å². The molecule has 5 nitrogen and oxygen atoms in total. The normalized spacial score (nSPS) is 13.9. The van der Waals surface area contributed by atoms with Gasteiger partial charge in [0.05, 0.1) is 11.5 Å². The highest BCUT2D eigenvalue weighted by molar-refractivity contribution is 7.99. The van der Waals surface area contributed by atoms with E-state index < -0.39 is 0 Å². The monoisotopic (exact) mass is 381 g/mol. The van der Waals surface area contributed by atoms with Crippen molar-refractivity contribution in [2.75, 3.05) is 5.75 Å². The van der Waals surface area contributed by atoms with Crippen molar-refractivity contribution >= 4 is 17.5 Å². The minimum Gasteiger partial charge on any atom is -0.345 e. The molecule has 0 bridgehead atoms. The molecule has 0 amide bonds. The van der Waals surface area contributed by atoms with Gasteiger partial charge in [-0.1, -0.05) is 29.4 Å². The zero-order valence-electron chi connectivity index (χ0n) is 15.9. The third kappa shape index (κ3) is 3.72. The quantitative estimate of drug-likeness (QED) is 0.544. The molecule has 0 unspecified atom stereocenters. The molecule has 27 heavy (non-hydrogen) atoms. The summed E-state index contributed by atoms with van der Waals surface area (Å²) in [7, 11) is 0. The second-order valence-electron chi connectivity index (χ2n) is 7.13. The number of thioether (sulfide) groups is 1. The van der Waals surface area contributed by atoms with E-state index in [0.717, 1.165) is 22.4 Å². The number of aryl methyl sites for hydroxylation is 2. The highest BCUT2D eigenvalue weighted by Gasteiger charge is 2.28. The van der Waals surface area contributed by atoms with Crippen molar-refractivity contribution in [2.45, 2.75) is 45.4 Å². The first-order chi connectivity index (χ1) is 13.0. The van der Waals surface area contributed by atoms with Crippen LogP contribution >= 0.6 is 11.8 Å². The van der Waals surface area contributed by atoms with Gasteiger partial charge in [0.1, 0.15) is 0 Å². The van der Waals surface area contributed by atoms with Crippen LogP contribution in [0.5, 0.6) is 0 Å². The standard InChI is InChI=1S/C21H23N3O2S/c1-13-6-4-5-7-17(13)21-22-20(26-23-21)12-27-11-19(25)18-10-14(2)24(15(18)3)16-8-9-16/h4-7,10,16H,8-9,11-12H2,1-3H3. The van der Waals surface area contributed by atoms with Gasteiger partial charge in [-0.25, -0.2) is 0 Å². The molecular formula is C21H23N3O2S. The van der Waals surface area contributed by atoms with Crippen LogP contribution in [0.2, 0.25) is 0 Å². The topological polar surface area (TPSA) is 60.9 Å². The number of Topliss-reactive ketones (excluding diaryl/α,β-unsaturated/α-hetero) is 1. The molecule has 1 fully saturated rings. The summed E-state index contributed by atoms with van der Waals surface area (Å²) < 4.78 is 7.66. The van der Waals surface area contributed by atoms with Crippen LogP contribution in [-0.2, 0) is 5.75 Å². The number of hydrogen-bond acceptors (Lipinski definition) is 5. The fraction of sp³-hybridized carbons (Fsp3) is 0.381. The zero-order chi connectivity index (χ0) is 19.0. The minimum absolute atomic E-state index is 0.165. The molecule has 1 aromatic carbocycles. The fourth-order valence-corrected chi connectivity index (χ4v) is 4.24. The summed E-state index contributed by atoms with van der Waals surface area (Å²) in [4.78, 5) is 17.1. The van der Waals surface area contributed by atoms with Crippen molar-refractivity contribution in [3.05, 3.63) is 58.7 Å². The van der Waals surface area contributed by atoms with Gasteiger partial charge in [-0.2, -0.15) is 4.98 Å². The molecule has 1 aliphatic carbocycles. The Morgan fingerprint density at radius 3 is 2.78 bits per heavy atom. The van der Waals surface area contributed by atoms with Crippen LogP contribution in [0.25, 0.3) is 11.4 Å². The van der Waals surface area contributed by atoms with E-state index in [1.54, 1.807) is 0 Å². The Labute approximate surface area is 163 Å². The van der Waals surface area contributed by atoms with Gasteiger partial charge >= 0.3 is 0 Å². The van der Waals surface area contributed by atoms with Crippen LogP contribution in [0, 0.1) is 20.8 Å². The number of aromatic nitrogens is 3. The molecule has 1 saturated carbocycles. The molecule has 4 rings (SSSR count). The molecule has 0 aliphatic heterocycles. The number of rotatable bonds is 7. The first-order valence-corrected chi connectivity index (χ1v) is 10.4. The van der Waals surface area contributed by atoms with Gasteiger partial charge < -0.3 is 9.09 Å². The van der Waals surface area contributed by atoms with E-state index in [1.165, 1.54) is 30.3 Å². The third-order valence-corrected chi connectivity index (χ3v) is 5.93. The molecule has 1 aliphatic rings. The molecule has 0 N–H and O–H groups in total. The molecule has 2 heterocycles. The van der Waals surface area contributed by atoms with E-state index in [1.807, 2.05) is 37.3 Å². The lowest BCUT2D eigenvalue weighted by Gasteiger charge is -2.07. The average molecular weight is 382 g/mol. The number of carbonyl (C=O) groups is 1. The van der Waals surface area contributed by atoms with Gasteiger partial charge in [0.15, 0.2) is 5.78 Å². The van der Waals surface area contributed by atoms with Gasteiger partial charge in [0.25, 0.3) is 0 Å². The molecule has 0 spiro atoms. The van der Waals surface area contributed by atoms with Crippen molar-refractivity contribution in [1.29, 1.82) is 0 Å². The number of hydrogen-bond donors (Lipinski definition) is 0. The summed E-state index contributed by atoms with van der Waals surface area (Å²) in [5.41, 5.74) is 5.21. The van der Waals surface area contributed by atoms with Crippen molar-refractivity contribution in [3.63, 3.8) is 0 Å². The predicted octanol–water partition coefficient (Wildman–Crippen LogP) is 4.91. The van der Waals surface area contributed by atoms with E-state index in [2.05, 4.69) is 28.6 Å². The van der Waals surface area contributed by atoms with E-state index in [4.69, 9.17) is 4.52 Å². The van der Waals surface area contributed by atoms with E-state index >= 15 is 0 Å². The maximum atomic E-state index is 12.6. The van der Waals surface area contributed by atoms with Crippen molar-refractivity contribution in [3.8, 4) is 11.4 Å². The Bertz CT molecular complexity index is 985. The molecule has 6 heteroatoms. The molecule has 3 aromatic rings. The van der Waals surface area contributed by atoms with Crippen molar-refractivity contribution in [1.82, 2.24) is 14.7 Å². The van der Waals surface area contributed by atoms with Crippen LogP contribution in [0.15, 0.2) is 34.9 Å². The molecule has 0 saturated heterocycles. The summed E-state index contributed by atoms with van der Waals surface area (Å²) >= 11 is 1.51. The Balaban J connectivity index is 1.37. The second kappa shape index (κ2) is 7.35. The van der Waals surface area contributed by atoms with Crippen molar-refractivity contribution < 1.29 is 9.32 Å². The van der Waals surface area contributed by atoms with E-state index in [9.17, 15) is 4.79 Å². The Morgan fingerprint density at radius 1 is 1.26 bits per heavy atom. The van der Waals surface area contributed by atoms with E-state index in [0.29, 0.717) is 29.3 Å². The predicted molar refractivity (Wildman–Crippen MR) is 107 cm³/mol. The molecule has 2 aromatic heterocycles. The lowest BCUT2D eigenvalue weighted by Crippen LogP contribution is -2.06.